The van der Waals surface area contributed by atoms with Gasteiger partial charge in [0.1, 0.15) is 23.2 Å². The molecule has 0 aromatic carbocycles. The zero-order chi connectivity index (χ0) is 21.8. The Hall–Kier alpha value is -2.39. The molecule has 0 spiro atoms. The van der Waals surface area contributed by atoms with Gasteiger partial charge in [0.25, 0.3) is 0 Å². The van der Waals surface area contributed by atoms with Gasteiger partial charge in [0.2, 0.25) is 5.95 Å². The highest BCUT2D eigenvalue weighted by Crippen LogP contribution is 2.28. The average molecular weight is 445 g/mol. The fourth-order valence-electron chi connectivity index (χ4n) is 4.34. The van der Waals surface area contributed by atoms with Gasteiger partial charge in [-0.05, 0) is 49.5 Å². The number of rotatable bonds is 5. The van der Waals surface area contributed by atoms with Gasteiger partial charge in [0.15, 0.2) is 5.11 Å². The third-order valence-corrected chi connectivity index (χ3v) is 5.92. The molecule has 31 heavy (non-hydrogen) atoms. The second-order valence-corrected chi connectivity index (χ2v) is 9.09. The Morgan fingerprint density at radius 2 is 1.77 bits per heavy atom. The van der Waals surface area contributed by atoms with Crippen LogP contribution in [0.1, 0.15) is 31.8 Å². The zero-order valence-electron chi connectivity index (χ0n) is 18.6. The molecule has 9 heteroatoms. The van der Waals surface area contributed by atoms with Crippen LogP contribution in [-0.2, 0) is 11.3 Å². The van der Waals surface area contributed by atoms with Gasteiger partial charge in [-0.15, -0.1) is 0 Å². The van der Waals surface area contributed by atoms with E-state index in [1.54, 1.807) is 0 Å². The van der Waals surface area contributed by atoms with Gasteiger partial charge in [0, 0.05) is 32.2 Å². The number of nitrogens with zero attached hydrogens (tertiary/aromatic N) is 4. The molecular formula is C22H32N6O2S. The lowest BCUT2D eigenvalue weighted by Gasteiger charge is -2.36. The normalized spacial score (nSPS) is 21.8. The summed E-state index contributed by atoms with van der Waals surface area (Å²) in [6.07, 6.45) is 1.25. The highest BCUT2D eigenvalue weighted by Gasteiger charge is 2.25. The third-order valence-electron chi connectivity index (χ3n) is 5.67. The van der Waals surface area contributed by atoms with Gasteiger partial charge in [-0.2, -0.15) is 9.97 Å². The first-order valence-electron chi connectivity index (χ1n) is 11.0. The van der Waals surface area contributed by atoms with E-state index in [0.717, 1.165) is 49.3 Å². The molecule has 2 atom stereocenters. The maximum atomic E-state index is 5.59. The molecule has 0 saturated carbocycles. The monoisotopic (exact) mass is 444 g/mol. The average Bonchev–Trinajstić information content (AvgIpc) is 3.17. The molecular weight excluding hydrogens is 412 g/mol. The molecule has 2 aromatic rings. The zero-order valence-corrected chi connectivity index (χ0v) is 19.4. The van der Waals surface area contributed by atoms with Crippen LogP contribution in [0.15, 0.2) is 22.6 Å². The van der Waals surface area contributed by atoms with Crippen LogP contribution < -0.4 is 20.4 Å². The number of morpholine rings is 1. The lowest BCUT2D eigenvalue weighted by molar-refractivity contribution is 0.122. The van der Waals surface area contributed by atoms with Crippen molar-refractivity contribution in [1.82, 2.24) is 15.3 Å². The van der Waals surface area contributed by atoms with Gasteiger partial charge in [0.05, 0.1) is 19.8 Å². The van der Waals surface area contributed by atoms with Crippen molar-refractivity contribution in [2.75, 3.05) is 54.5 Å². The van der Waals surface area contributed by atoms with E-state index in [1.807, 2.05) is 19.1 Å². The molecule has 0 unspecified atom stereocenters. The number of ether oxygens (including phenoxy) is 1. The van der Waals surface area contributed by atoms with E-state index in [4.69, 9.17) is 31.3 Å². The second-order valence-electron chi connectivity index (χ2n) is 8.68. The number of thiocarbonyl (C=S) groups is 1. The van der Waals surface area contributed by atoms with Crippen LogP contribution in [0.25, 0.3) is 0 Å². The fraction of sp³-hybridized carbons (Fsp3) is 0.591. The van der Waals surface area contributed by atoms with Crippen molar-refractivity contribution in [2.45, 2.75) is 33.7 Å². The van der Waals surface area contributed by atoms with E-state index in [1.165, 1.54) is 6.42 Å². The molecule has 2 aliphatic rings. The predicted octanol–water partition coefficient (Wildman–Crippen LogP) is 3.18. The summed E-state index contributed by atoms with van der Waals surface area (Å²) >= 11 is 5.49. The Morgan fingerprint density at radius 1 is 1.10 bits per heavy atom. The Bertz CT molecular complexity index is 888. The number of piperidine rings is 1. The quantitative estimate of drug-likeness (QED) is 0.676. The van der Waals surface area contributed by atoms with Crippen LogP contribution in [0, 0.1) is 18.8 Å². The third kappa shape index (κ3) is 5.86. The predicted molar refractivity (Wildman–Crippen MR) is 127 cm³/mol. The number of hydrogen-bond acceptors (Lipinski definition) is 7. The highest BCUT2D eigenvalue weighted by molar-refractivity contribution is 7.80. The Kier molecular flexibility index (Phi) is 6.92. The van der Waals surface area contributed by atoms with Crippen molar-refractivity contribution < 1.29 is 9.15 Å². The summed E-state index contributed by atoms with van der Waals surface area (Å²) in [5, 5.41) is 6.82. The van der Waals surface area contributed by atoms with Crippen LogP contribution in [0.3, 0.4) is 0 Å². The van der Waals surface area contributed by atoms with Crippen LogP contribution in [-0.4, -0.2) is 54.5 Å². The van der Waals surface area contributed by atoms with Crippen molar-refractivity contribution in [3.05, 3.63) is 29.7 Å². The van der Waals surface area contributed by atoms with Crippen molar-refractivity contribution in [3.63, 3.8) is 0 Å². The standard InChI is InChI=1S/C22H32N6O2S/c1-15-10-16(2)14-28(13-15)20-11-19(27-6-8-29-9-7-27)24-21(25-20)26-22(31)23-12-18-5-4-17(3)30-18/h4-5,11,15-16H,6-10,12-14H2,1-3H3,(H2,23,24,25,26,31)/t15-,16-/m0/s1. The van der Waals surface area contributed by atoms with Crippen molar-refractivity contribution in [1.29, 1.82) is 0 Å². The molecule has 2 fully saturated rings. The van der Waals surface area contributed by atoms with Gasteiger partial charge in [-0.1, -0.05) is 13.8 Å². The van der Waals surface area contributed by atoms with E-state index in [0.29, 0.717) is 42.7 Å². The first kappa shape index (κ1) is 21.8. The lowest BCUT2D eigenvalue weighted by Crippen LogP contribution is -2.40. The van der Waals surface area contributed by atoms with Gasteiger partial charge < -0.3 is 29.6 Å². The maximum Gasteiger partial charge on any atom is 0.232 e. The fourth-order valence-corrected chi connectivity index (χ4v) is 4.50. The molecule has 4 rings (SSSR count). The van der Waals surface area contributed by atoms with Crippen LogP contribution in [0.2, 0.25) is 0 Å². The Labute approximate surface area is 189 Å². The van der Waals surface area contributed by atoms with Crippen molar-refractivity contribution in [2.24, 2.45) is 11.8 Å². The first-order chi connectivity index (χ1) is 15.0. The van der Waals surface area contributed by atoms with Crippen molar-refractivity contribution in [3.8, 4) is 0 Å². The molecule has 0 aliphatic carbocycles. The van der Waals surface area contributed by atoms with E-state index in [2.05, 4.69) is 40.3 Å². The second kappa shape index (κ2) is 9.82. The lowest BCUT2D eigenvalue weighted by atomic mass is 9.92. The molecule has 168 valence electrons. The van der Waals surface area contributed by atoms with Crippen molar-refractivity contribution >= 4 is 34.9 Å². The number of furan rings is 1. The topological polar surface area (TPSA) is 78.7 Å². The van der Waals surface area contributed by atoms with E-state index >= 15 is 0 Å². The van der Waals surface area contributed by atoms with Crippen LogP contribution in [0.5, 0.6) is 0 Å². The Balaban J connectivity index is 1.51. The maximum absolute atomic E-state index is 5.59. The smallest absolute Gasteiger partial charge is 0.232 e. The van der Waals surface area contributed by atoms with E-state index in [9.17, 15) is 0 Å². The van der Waals surface area contributed by atoms with E-state index in [-0.39, 0.29) is 0 Å². The number of aromatic nitrogens is 2. The minimum atomic E-state index is 0.472. The summed E-state index contributed by atoms with van der Waals surface area (Å²) in [6.45, 7) is 12.1. The molecule has 0 radical (unpaired) electrons. The Morgan fingerprint density at radius 3 is 2.42 bits per heavy atom. The summed E-state index contributed by atoms with van der Waals surface area (Å²) in [6, 6.07) is 5.98. The number of nitrogens with one attached hydrogen (secondary N) is 2. The molecule has 0 amide bonds. The SMILES string of the molecule is Cc1ccc(CNC(=S)Nc2nc(N3CCOCC3)cc(N3C[C@@H](C)C[C@H](C)C3)n2)o1. The van der Waals surface area contributed by atoms with E-state index < -0.39 is 0 Å². The first-order valence-corrected chi connectivity index (χ1v) is 11.4. The number of anilines is 3. The summed E-state index contributed by atoms with van der Waals surface area (Å²) in [4.78, 5) is 14.2. The molecule has 2 aliphatic heterocycles. The van der Waals surface area contributed by atoms with Crippen LogP contribution >= 0.6 is 12.2 Å². The number of hydrogen-bond donors (Lipinski definition) is 2. The van der Waals surface area contributed by atoms with Crippen LogP contribution in [0.4, 0.5) is 17.6 Å². The summed E-state index contributed by atoms with van der Waals surface area (Å²) < 4.78 is 11.1. The molecule has 4 heterocycles. The highest BCUT2D eigenvalue weighted by atomic mass is 32.1. The molecule has 0 bridgehead atoms. The minimum absolute atomic E-state index is 0.472. The largest absolute Gasteiger partial charge is 0.465 e. The summed E-state index contributed by atoms with van der Waals surface area (Å²) in [5.74, 6) is 5.36. The van der Waals surface area contributed by atoms with Gasteiger partial charge in [-0.25, -0.2) is 0 Å². The minimum Gasteiger partial charge on any atom is -0.465 e. The van der Waals surface area contributed by atoms with Gasteiger partial charge in [-0.3, -0.25) is 0 Å². The summed E-state index contributed by atoms with van der Waals surface area (Å²) in [5.41, 5.74) is 0. The summed E-state index contributed by atoms with van der Waals surface area (Å²) in [7, 11) is 0. The molecule has 2 saturated heterocycles. The van der Waals surface area contributed by atoms with Gasteiger partial charge >= 0.3 is 0 Å². The molecule has 2 aromatic heterocycles. The number of aryl methyl sites for hydroxylation is 1. The molecule has 2 N–H and O–H groups in total. The molecule has 8 nitrogen and oxygen atoms in total.